The molecule has 1 atom stereocenters. The molecule has 1 fully saturated rings. The summed E-state index contributed by atoms with van der Waals surface area (Å²) in [6, 6.07) is 6.41. The van der Waals surface area contributed by atoms with E-state index in [1.807, 2.05) is 0 Å². The van der Waals surface area contributed by atoms with Gasteiger partial charge in [-0.3, -0.25) is 0 Å². The number of nitrogens with zero attached hydrogens (tertiary/aromatic N) is 1. The van der Waals surface area contributed by atoms with Gasteiger partial charge in [-0.05, 0) is 30.5 Å². The molecule has 18 heavy (non-hydrogen) atoms. The summed E-state index contributed by atoms with van der Waals surface area (Å²) in [6.07, 6.45) is 0.843. The van der Waals surface area contributed by atoms with E-state index in [-0.39, 0.29) is 10.8 Å². The summed E-state index contributed by atoms with van der Waals surface area (Å²) >= 11 is 0. The third-order valence-corrected chi connectivity index (χ3v) is 5.01. The Hall–Kier alpha value is -1.11. The molecule has 0 saturated carbocycles. The monoisotopic (exact) mass is 270 g/mol. The number of nitrogen functional groups attached to an aromatic ring is 1. The Kier molecular flexibility index (Phi) is 3.89. The van der Waals surface area contributed by atoms with Crippen molar-refractivity contribution in [2.75, 3.05) is 32.5 Å². The number of ether oxygens (including phenoxy) is 1. The third kappa shape index (κ3) is 2.66. The summed E-state index contributed by atoms with van der Waals surface area (Å²) in [5.41, 5.74) is 6.09. The molecule has 0 aromatic heterocycles. The molecule has 100 valence electrons. The van der Waals surface area contributed by atoms with Crippen molar-refractivity contribution < 1.29 is 13.2 Å². The predicted octanol–water partition coefficient (Wildman–Crippen LogP) is 0.926. The summed E-state index contributed by atoms with van der Waals surface area (Å²) in [6.45, 7) is 1.67. The van der Waals surface area contributed by atoms with Crippen molar-refractivity contribution >= 4 is 15.7 Å². The van der Waals surface area contributed by atoms with E-state index < -0.39 is 10.0 Å². The van der Waals surface area contributed by atoms with Crippen LogP contribution < -0.4 is 5.73 Å². The third-order valence-electron chi connectivity index (χ3n) is 3.15. The summed E-state index contributed by atoms with van der Waals surface area (Å²) < 4.78 is 31.3. The topological polar surface area (TPSA) is 72.6 Å². The van der Waals surface area contributed by atoms with Gasteiger partial charge in [0.2, 0.25) is 10.0 Å². The Bertz CT molecular complexity index is 516. The second-order valence-corrected chi connectivity index (χ2v) is 6.48. The van der Waals surface area contributed by atoms with Crippen LogP contribution in [0.5, 0.6) is 0 Å². The van der Waals surface area contributed by atoms with E-state index >= 15 is 0 Å². The van der Waals surface area contributed by atoms with Gasteiger partial charge in [0.1, 0.15) is 0 Å². The maximum Gasteiger partial charge on any atom is 0.243 e. The van der Waals surface area contributed by atoms with Crippen LogP contribution in [0.15, 0.2) is 29.2 Å². The maximum atomic E-state index is 12.4. The largest absolute Gasteiger partial charge is 0.399 e. The molecule has 1 aliphatic rings. The molecule has 1 aliphatic heterocycles. The highest BCUT2D eigenvalue weighted by atomic mass is 32.2. The zero-order chi connectivity index (χ0) is 13.2. The van der Waals surface area contributed by atoms with E-state index in [1.165, 1.54) is 10.4 Å². The smallest absolute Gasteiger partial charge is 0.243 e. The predicted molar refractivity (Wildman–Crippen MR) is 69.6 cm³/mol. The van der Waals surface area contributed by atoms with Crippen LogP contribution in [-0.4, -0.2) is 39.5 Å². The number of hydrogen-bond donors (Lipinski definition) is 1. The van der Waals surface area contributed by atoms with Gasteiger partial charge in [-0.1, -0.05) is 6.07 Å². The first-order valence-corrected chi connectivity index (χ1v) is 7.32. The molecular formula is C12H18N2O3S. The summed E-state index contributed by atoms with van der Waals surface area (Å²) in [5.74, 6) is 0.283. The number of nitrogens with two attached hydrogens (primary N) is 1. The minimum absolute atomic E-state index is 0.264. The standard InChI is InChI=1S/C12H18N2O3S/c1-17-9-10-5-6-14(8-10)18(15,16)12-4-2-3-11(13)7-12/h2-4,7,10H,5-6,8-9,13H2,1H3. The first-order chi connectivity index (χ1) is 8.54. The molecule has 1 aromatic carbocycles. The van der Waals surface area contributed by atoms with Crippen molar-refractivity contribution in [2.24, 2.45) is 5.92 Å². The second kappa shape index (κ2) is 5.26. The van der Waals surface area contributed by atoms with Gasteiger partial charge in [0, 0.05) is 25.9 Å². The Morgan fingerprint density at radius 2 is 2.28 bits per heavy atom. The molecule has 5 nitrogen and oxygen atoms in total. The van der Waals surface area contributed by atoms with Gasteiger partial charge in [0.15, 0.2) is 0 Å². The highest BCUT2D eigenvalue weighted by molar-refractivity contribution is 7.89. The fourth-order valence-corrected chi connectivity index (χ4v) is 3.80. The lowest BCUT2D eigenvalue weighted by atomic mass is 10.1. The van der Waals surface area contributed by atoms with Gasteiger partial charge < -0.3 is 10.5 Å². The Morgan fingerprint density at radius 1 is 1.50 bits per heavy atom. The number of hydrogen-bond acceptors (Lipinski definition) is 4. The van der Waals surface area contributed by atoms with E-state index in [0.29, 0.717) is 25.4 Å². The summed E-state index contributed by atoms with van der Waals surface area (Å²) in [5, 5.41) is 0. The van der Waals surface area contributed by atoms with Crippen LogP contribution in [0.3, 0.4) is 0 Å². The summed E-state index contributed by atoms with van der Waals surface area (Å²) in [4.78, 5) is 0.264. The van der Waals surface area contributed by atoms with Crippen LogP contribution in [0, 0.1) is 5.92 Å². The first-order valence-electron chi connectivity index (χ1n) is 5.88. The Balaban J connectivity index is 2.18. The van der Waals surface area contributed by atoms with Crippen molar-refractivity contribution in [3.63, 3.8) is 0 Å². The molecule has 2 N–H and O–H groups in total. The average molecular weight is 270 g/mol. The van der Waals surface area contributed by atoms with Gasteiger partial charge in [0.25, 0.3) is 0 Å². The minimum Gasteiger partial charge on any atom is -0.399 e. The van der Waals surface area contributed by atoms with Gasteiger partial charge in [0.05, 0.1) is 11.5 Å². The number of sulfonamides is 1. The molecule has 0 amide bonds. The Morgan fingerprint density at radius 3 is 2.94 bits per heavy atom. The van der Waals surface area contributed by atoms with Gasteiger partial charge in [-0.15, -0.1) is 0 Å². The van der Waals surface area contributed by atoms with Crippen LogP contribution in [-0.2, 0) is 14.8 Å². The molecular weight excluding hydrogens is 252 g/mol. The molecule has 2 rings (SSSR count). The zero-order valence-corrected chi connectivity index (χ0v) is 11.2. The van der Waals surface area contributed by atoms with Gasteiger partial charge in [-0.25, -0.2) is 8.42 Å². The molecule has 0 spiro atoms. The lowest BCUT2D eigenvalue weighted by Gasteiger charge is -2.16. The van der Waals surface area contributed by atoms with E-state index in [2.05, 4.69) is 0 Å². The molecule has 1 aromatic rings. The van der Waals surface area contributed by atoms with Crippen LogP contribution in [0.1, 0.15) is 6.42 Å². The van der Waals surface area contributed by atoms with E-state index in [1.54, 1.807) is 25.3 Å². The van der Waals surface area contributed by atoms with E-state index in [0.717, 1.165) is 6.42 Å². The molecule has 6 heteroatoms. The van der Waals surface area contributed by atoms with Gasteiger partial charge >= 0.3 is 0 Å². The van der Waals surface area contributed by atoms with Crippen LogP contribution in [0.2, 0.25) is 0 Å². The lowest BCUT2D eigenvalue weighted by molar-refractivity contribution is 0.157. The van der Waals surface area contributed by atoms with Crippen molar-refractivity contribution in [3.05, 3.63) is 24.3 Å². The molecule has 1 heterocycles. The average Bonchev–Trinajstić information content (AvgIpc) is 2.79. The zero-order valence-electron chi connectivity index (χ0n) is 10.4. The Labute approximate surface area is 108 Å². The number of rotatable bonds is 4. The molecule has 0 aliphatic carbocycles. The molecule has 0 radical (unpaired) electrons. The van der Waals surface area contributed by atoms with Crippen molar-refractivity contribution in [2.45, 2.75) is 11.3 Å². The van der Waals surface area contributed by atoms with Crippen molar-refractivity contribution in [3.8, 4) is 0 Å². The maximum absolute atomic E-state index is 12.4. The molecule has 1 unspecified atom stereocenters. The van der Waals surface area contributed by atoms with Crippen molar-refractivity contribution in [1.82, 2.24) is 4.31 Å². The fourth-order valence-electron chi connectivity index (χ4n) is 2.21. The SMILES string of the molecule is COCC1CCN(S(=O)(=O)c2cccc(N)c2)C1. The van der Waals surface area contributed by atoms with Crippen LogP contribution in [0.25, 0.3) is 0 Å². The van der Waals surface area contributed by atoms with Gasteiger partial charge in [-0.2, -0.15) is 4.31 Å². The second-order valence-electron chi connectivity index (χ2n) is 4.55. The quantitative estimate of drug-likeness (QED) is 0.826. The number of benzene rings is 1. The van der Waals surface area contributed by atoms with E-state index in [4.69, 9.17) is 10.5 Å². The number of anilines is 1. The summed E-state index contributed by atoms with van der Waals surface area (Å²) in [7, 11) is -1.78. The number of methoxy groups -OCH3 is 1. The first kappa shape index (κ1) is 13.3. The van der Waals surface area contributed by atoms with E-state index in [9.17, 15) is 8.42 Å². The van der Waals surface area contributed by atoms with Crippen molar-refractivity contribution in [1.29, 1.82) is 0 Å². The highest BCUT2D eigenvalue weighted by Crippen LogP contribution is 2.25. The normalized spacial score (nSPS) is 21.3. The molecule has 1 saturated heterocycles. The highest BCUT2D eigenvalue weighted by Gasteiger charge is 2.32. The lowest BCUT2D eigenvalue weighted by Crippen LogP contribution is -2.29. The van der Waals surface area contributed by atoms with Crippen LogP contribution >= 0.6 is 0 Å². The minimum atomic E-state index is -3.41. The fraction of sp³-hybridized carbons (Fsp3) is 0.500. The molecule has 0 bridgehead atoms. The van der Waals surface area contributed by atoms with Crippen LogP contribution in [0.4, 0.5) is 5.69 Å².